The number of Topliss-reactive ketones (excluding diaryl/α,β-unsaturated/α-hetero) is 1. The van der Waals surface area contributed by atoms with Gasteiger partial charge in [-0.1, -0.05) is 6.07 Å². The quantitative estimate of drug-likeness (QED) is 0.913. The maximum absolute atomic E-state index is 11.4. The zero-order valence-electron chi connectivity index (χ0n) is 11.2. The van der Waals surface area contributed by atoms with Crippen molar-refractivity contribution in [2.75, 3.05) is 7.11 Å². The second-order valence-corrected chi connectivity index (χ2v) is 5.37. The van der Waals surface area contributed by atoms with Crippen LogP contribution in [0.25, 0.3) is 10.9 Å². The van der Waals surface area contributed by atoms with Gasteiger partial charge in [0, 0.05) is 37.1 Å². The van der Waals surface area contributed by atoms with Crippen molar-refractivity contribution in [3.63, 3.8) is 0 Å². The highest BCUT2D eigenvalue weighted by atomic mass is 16.5. The van der Waals surface area contributed by atoms with Gasteiger partial charge < -0.3 is 9.72 Å². The van der Waals surface area contributed by atoms with Gasteiger partial charge in [-0.05, 0) is 42.0 Å². The molecular formula is C16H19NO2. The van der Waals surface area contributed by atoms with Crippen molar-refractivity contribution in [2.24, 2.45) is 0 Å². The van der Waals surface area contributed by atoms with E-state index < -0.39 is 0 Å². The maximum atomic E-state index is 11.4. The standard InChI is InChI=1S/C16H19NO2/c1-19-10-11-2-7-16-14(8-11)15(9-17-16)12-3-5-13(18)6-4-12/h2,7-9,12,17H,3-6,10H2,1H3. The SMILES string of the molecule is COCc1ccc2[nH]cc(C3CCC(=O)CC3)c2c1. The van der Waals surface area contributed by atoms with Gasteiger partial charge in [0.15, 0.2) is 0 Å². The van der Waals surface area contributed by atoms with Crippen LogP contribution in [0.5, 0.6) is 0 Å². The van der Waals surface area contributed by atoms with Crippen molar-refractivity contribution in [2.45, 2.75) is 38.2 Å². The maximum Gasteiger partial charge on any atom is 0.132 e. The Labute approximate surface area is 113 Å². The van der Waals surface area contributed by atoms with E-state index in [1.807, 2.05) is 0 Å². The number of carbonyl (C=O) groups excluding carboxylic acids is 1. The summed E-state index contributed by atoms with van der Waals surface area (Å²) in [6, 6.07) is 6.42. The fourth-order valence-corrected chi connectivity index (χ4v) is 3.03. The number of methoxy groups -OCH3 is 1. The normalized spacial score (nSPS) is 17.2. The van der Waals surface area contributed by atoms with Crippen LogP contribution in [-0.2, 0) is 16.1 Å². The van der Waals surface area contributed by atoms with Crippen molar-refractivity contribution in [3.05, 3.63) is 35.5 Å². The van der Waals surface area contributed by atoms with Crippen LogP contribution in [0.2, 0.25) is 0 Å². The molecule has 0 unspecified atom stereocenters. The number of benzene rings is 1. The van der Waals surface area contributed by atoms with Crippen molar-refractivity contribution in [1.29, 1.82) is 0 Å². The topological polar surface area (TPSA) is 42.1 Å². The van der Waals surface area contributed by atoms with E-state index in [9.17, 15) is 4.79 Å². The molecule has 0 saturated heterocycles. The minimum Gasteiger partial charge on any atom is -0.380 e. The number of ketones is 1. The monoisotopic (exact) mass is 257 g/mol. The molecule has 0 radical (unpaired) electrons. The molecule has 3 nitrogen and oxygen atoms in total. The van der Waals surface area contributed by atoms with Crippen LogP contribution in [0.3, 0.4) is 0 Å². The highest BCUT2D eigenvalue weighted by molar-refractivity contribution is 5.85. The molecule has 1 aliphatic carbocycles. The van der Waals surface area contributed by atoms with E-state index in [0.29, 0.717) is 18.3 Å². The molecule has 100 valence electrons. The number of aromatic nitrogens is 1. The van der Waals surface area contributed by atoms with E-state index in [1.165, 1.54) is 22.0 Å². The number of H-pyrrole nitrogens is 1. The molecule has 1 aromatic carbocycles. The fraction of sp³-hybridized carbons (Fsp3) is 0.438. The Hall–Kier alpha value is -1.61. The van der Waals surface area contributed by atoms with E-state index in [1.54, 1.807) is 7.11 Å². The molecule has 0 spiro atoms. The molecule has 0 aliphatic heterocycles. The summed E-state index contributed by atoms with van der Waals surface area (Å²) < 4.78 is 5.20. The molecule has 19 heavy (non-hydrogen) atoms. The van der Waals surface area contributed by atoms with Gasteiger partial charge >= 0.3 is 0 Å². The lowest BCUT2D eigenvalue weighted by atomic mass is 9.83. The third-order valence-electron chi connectivity index (χ3n) is 4.07. The van der Waals surface area contributed by atoms with Gasteiger partial charge in [-0.15, -0.1) is 0 Å². The summed E-state index contributed by atoms with van der Waals surface area (Å²) in [6.07, 6.45) is 5.55. The van der Waals surface area contributed by atoms with E-state index in [-0.39, 0.29) is 0 Å². The average Bonchev–Trinajstić information content (AvgIpc) is 2.83. The van der Waals surface area contributed by atoms with Crippen LogP contribution < -0.4 is 0 Å². The van der Waals surface area contributed by atoms with Crippen LogP contribution in [0, 0.1) is 0 Å². The van der Waals surface area contributed by atoms with Gasteiger partial charge in [-0.3, -0.25) is 4.79 Å². The van der Waals surface area contributed by atoms with E-state index in [4.69, 9.17) is 4.74 Å². The first-order valence-electron chi connectivity index (χ1n) is 6.88. The molecule has 2 aromatic rings. The Balaban J connectivity index is 1.94. The molecule has 3 rings (SSSR count). The fourth-order valence-electron chi connectivity index (χ4n) is 3.03. The first kappa shape index (κ1) is 12.4. The van der Waals surface area contributed by atoms with Gasteiger partial charge in [0.2, 0.25) is 0 Å². The minimum absolute atomic E-state index is 0.413. The van der Waals surface area contributed by atoms with E-state index in [0.717, 1.165) is 25.7 Å². The second-order valence-electron chi connectivity index (χ2n) is 5.37. The van der Waals surface area contributed by atoms with Crippen molar-refractivity contribution in [3.8, 4) is 0 Å². The summed E-state index contributed by atoms with van der Waals surface area (Å²) in [7, 11) is 1.72. The predicted octanol–water partition coefficient (Wildman–Crippen LogP) is 3.54. The molecule has 0 amide bonds. The number of ether oxygens (including phenoxy) is 1. The Morgan fingerprint density at radius 2 is 2.11 bits per heavy atom. The zero-order chi connectivity index (χ0) is 13.2. The Kier molecular flexibility index (Phi) is 3.38. The van der Waals surface area contributed by atoms with Crippen molar-refractivity contribution >= 4 is 16.7 Å². The molecule has 1 N–H and O–H groups in total. The lowest BCUT2D eigenvalue weighted by molar-refractivity contribution is -0.120. The van der Waals surface area contributed by atoms with Crippen molar-refractivity contribution < 1.29 is 9.53 Å². The molecule has 1 saturated carbocycles. The van der Waals surface area contributed by atoms with Gasteiger partial charge in [0.1, 0.15) is 5.78 Å². The minimum atomic E-state index is 0.413. The molecule has 0 bridgehead atoms. The van der Waals surface area contributed by atoms with Gasteiger partial charge in [-0.2, -0.15) is 0 Å². The molecule has 1 aromatic heterocycles. The van der Waals surface area contributed by atoms with Crippen LogP contribution in [0.15, 0.2) is 24.4 Å². The number of rotatable bonds is 3. The Bertz CT molecular complexity index is 590. The molecule has 0 atom stereocenters. The first-order chi connectivity index (χ1) is 9.28. The van der Waals surface area contributed by atoms with Crippen LogP contribution in [0.4, 0.5) is 0 Å². The average molecular weight is 257 g/mol. The molecule has 3 heteroatoms. The van der Waals surface area contributed by atoms with Crippen molar-refractivity contribution in [1.82, 2.24) is 4.98 Å². The van der Waals surface area contributed by atoms with Gasteiger partial charge in [0.25, 0.3) is 0 Å². The number of hydrogen-bond acceptors (Lipinski definition) is 2. The predicted molar refractivity (Wildman–Crippen MR) is 75.2 cm³/mol. The Morgan fingerprint density at radius 3 is 2.84 bits per heavy atom. The molecule has 1 heterocycles. The van der Waals surface area contributed by atoms with E-state index in [2.05, 4.69) is 29.4 Å². The van der Waals surface area contributed by atoms with Crippen LogP contribution in [-0.4, -0.2) is 17.9 Å². The summed E-state index contributed by atoms with van der Waals surface area (Å²) in [6.45, 7) is 0.643. The number of aromatic amines is 1. The molecule has 1 fully saturated rings. The second kappa shape index (κ2) is 5.17. The zero-order valence-corrected chi connectivity index (χ0v) is 11.2. The third kappa shape index (κ3) is 2.43. The molecule has 1 aliphatic rings. The smallest absolute Gasteiger partial charge is 0.132 e. The van der Waals surface area contributed by atoms with E-state index >= 15 is 0 Å². The van der Waals surface area contributed by atoms with Crippen LogP contribution >= 0.6 is 0 Å². The summed E-state index contributed by atoms with van der Waals surface area (Å²) in [4.78, 5) is 14.7. The number of carbonyl (C=O) groups is 1. The largest absolute Gasteiger partial charge is 0.380 e. The highest BCUT2D eigenvalue weighted by Gasteiger charge is 2.22. The van der Waals surface area contributed by atoms with Gasteiger partial charge in [0.05, 0.1) is 6.61 Å². The molecular weight excluding hydrogens is 238 g/mol. The first-order valence-corrected chi connectivity index (χ1v) is 6.88. The lowest BCUT2D eigenvalue weighted by Crippen LogP contribution is -2.12. The van der Waals surface area contributed by atoms with Gasteiger partial charge in [-0.25, -0.2) is 0 Å². The number of nitrogens with one attached hydrogen (secondary N) is 1. The Morgan fingerprint density at radius 1 is 1.32 bits per heavy atom. The van der Waals surface area contributed by atoms with Crippen LogP contribution in [0.1, 0.15) is 42.7 Å². The summed E-state index contributed by atoms with van der Waals surface area (Å²) in [5, 5.41) is 1.29. The third-order valence-corrected chi connectivity index (χ3v) is 4.07. The summed E-state index contributed by atoms with van der Waals surface area (Å²) in [5.41, 5.74) is 3.73. The highest BCUT2D eigenvalue weighted by Crippen LogP contribution is 2.35. The lowest BCUT2D eigenvalue weighted by Gasteiger charge is -2.20. The number of hydrogen-bond donors (Lipinski definition) is 1. The summed E-state index contributed by atoms with van der Waals surface area (Å²) in [5.74, 6) is 0.931. The summed E-state index contributed by atoms with van der Waals surface area (Å²) >= 11 is 0. The number of fused-ring (bicyclic) bond motifs is 1.